The van der Waals surface area contributed by atoms with Gasteiger partial charge in [0.1, 0.15) is 5.75 Å². The summed E-state index contributed by atoms with van der Waals surface area (Å²) in [5.41, 5.74) is 2.42. The topological polar surface area (TPSA) is 52.6 Å². The van der Waals surface area contributed by atoms with Gasteiger partial charge in [-0.3, -0.25) is 10.1 Å². The van der Waals surface area contributed by atoms with E-state index >= 15 is 0 Å². The highest BCUT2D eigenvalue weighted by Gasteiger charge is 2.28. The molecule has 2 atom stereocenters. The fraction of sp³-hybridized carbons (Fsp3) is 0.562. The first-order valence-electron chi connectivity index (χ1n) is 7.52. The van der Waals surface area contributed by atoms with E-state index in [1.807, 2.05) is 24.0 Å². The zero-order valence-corrected chi connectivity index (χ0v) is 11.9. The zero-order valence-electron chi connectivity index (χ0n) is 11.9. The number of aryl methyl sites for hydroxylation is 1. The maximum atomic E-state index is 12.3. The van der Waals surface area contributed by atoms with Crippen LogP contribution in [0.1, 0.15) is 43.4 Å². The molecule has 0 spiro atoms. The van der Waals surface area contributed by atoms with Gasteiger partial charge in [-0.25, -0.2) is 0 Å². The minimum Gasteiger partial charge on any atom is -0.508 e. The van der Waals surface area contributed by atoms with Crippen molar-refractivity contribution >= 4 is 5.91 Å². The number of phenolic OH excluding ortho intramolecular Hbond substituents is 1. The van der Waals surface area contributed by atoms with Crippen molar-refractivity contribution in [1.29, 1.82) is 0 Å². The maximum Gasteiger partial charge on any atom is 0.239 e. The standard InChI is InChI=1S/C16H22N2O2/c1-11(16(20)18-8-2-3-9-18)17-15-7-4-12-10-13(19)5-6-14(12)15/h5-6,10-11,15,17,19H,2-4,7-9H2,1H3. The van der Waals surface area contributed by atoms with E-state index in [9.17, 15) is 9.90 Å². The molecule has 1 fully saturated rings. The van der Waals surface area contributed by atoms with E-state index in [2.05, 4.69) is 5.32 Å². The normalized spacial score (nSPS) is 22.9. The number of benzene rings is 1. The molecule has 1 aromatic rings. The smallest absolute Gasteiger partial charge is 0.239 e. The number of hydrogen-bond donors (Lipinski definition) is 2. The number of nitrogens with zero attached hydrogens (tertiary/aromatic N) is 1. The van der Waals surface area contributed by atoms with Gasteiger partial charge < -0.3 is 10.0 Å². The Morgan fingerprint density at radius 3 is 2.90 bits per heavy atom. The Labute approximate surface area is 119 Å². The number of rotatable bonds is 3. The second-order valence-electron chi connectivity index (χ2n) is 5.90. The lowest BCUT2D eigenvalue weighted by Gasteiger charge is -2.24. The van der Waals surface area contributed by atoms with Gasteiger partial charge in [0.15, 0.2) is 0 Å². The van der Waals surface area contributed by atoms with Gasteiger partial charge in [0.05, 0.1) is 6.04 Å². The molecule has 0 radical (unpaired) electrons. The van der Waals surface area contributed by atoms with Gasteiger partial charge in [-0.1, -0.05) is 6.07 Å². The molecule has 1 aromatic carbocycles. The average Bonchev–Trinajstić information content (AvgIpc) is 3.07. The van der Waals surface area contributed by atoms with E-state index in [1.54, 1.807) is 6.07 Å². The molecule has 0 saturated carbocycles. The summed E-state index contributed by atoms with van der Waals surface area (Å²) >= 11 is 0. The first-order valence-corrected chi connectivity index (χ1v) is 7.52. The molecule has 20 heavy (non-hydrogen) atoms. The van der Waals surface area contributed by atoms with Gasteiger partial charge in [0.25, 0.3) is 0 Å². The van der Waals surface area contributed by atoms with Crippen molar-refractivity contribution in [2.75, 3.05) is 13.1 Å². The van der Waals surface area contributed by atoms with Gasteiger partial charge in [0.2, 0.25) is 5.91 Å². The summed E-state index contributed by atoms with van der Waals surface area (Å²) in [5.74, 6) is 0.542. The largest absolute Gasteiger partial charge is 0.508 e. The number of hydrogen-bond acceptors (Lipinski definition) is 3. The van der Waals surface area contributed by atoms with Gasteiger partial charge in [-0.15, -0.1) is 0 Å². The summed E-state index contributed by atoms with van der Waals surface area (Å²) < 4.78 is 0. The van der Waals surface area contributed by atoms with E-state index in [1.165, 1.54) is 11.1 Å². The van der Waals surface area contributed by atoms with Crippen molar-refractivity contribution in [3.63, 3.8) is 0 Å². The molecule has 108 valence electrons. The minimum atomic E-state index is -0.141. The van der Waals surface area contributed by atoms with Crippen molar-refractivity contribution in [3.05, 3.63) is 29.3 Å². The summed E-state index contributed by atoms with van der Waals surface area (Å²) in [4.78, 5) is 14.3. The predicted molar refractivity (Wildman–Crippen MR) is 77.6 cm³/mol. The molecule has 1 saturated heterocycles. The number of phenols is 1. The SMILES string of the molecule is CC(NC1CCc2cc(O)ccc21)C(=O)N1CCCC1. The Bertz CT molecular complexity index is 509. The Balaban J connectivity index is 1.66. The molecular formula is C16H22N2O2. The third-order valence-electron chi connectivity index (χ3n) is 4.44. The van der Waals surface area contributed by atoms with Crippen LogP contribution in [0.2, 0.25) is 0 Å². The monoisotopic (exact) mass is 274 g/mol. The van der Waals surface area contributed by atoms with Crippen LogP contribution in [0.25, 0.3) is 0 Å². The maximum absolute atomic E-state index is 12.3. The van der Waals surface area contributed by atoms with Crippen molar-refractivity contribution < 1.29 is 9.90 Å². The van der Waals surface area contributed by atoms with Crippen LogP contribution in [0.4, 0.5) is 0 Å². The fourth-order valence-corrected chi connectivity index (χ4v) is 3.36. The van der Waals surface area contributed by atoms with E-state index in [0.717, 1.165) is 38.8 Å². The molecule has 4 nitrogen and oxygen atoms in total. The Kier molecular flexibility index (Phi) is 3.66. The molecule has 1 heterocycles. The Morgan fingerprint density at radius 2 is 2.15 bits per heavy atom. The number of aromatic hydroxyl groups is 1. The highest BCUT2D eigenvalue weighted by Crippen LogP contribution is 2.33. The first kappa shape index (κ1) is 13.4. The number of carbonyl (C=O) groups is 1. The lowest BCUT2D eigenvalue weighted by Crippen LogP contribution is -2.44. The Hall–Kier alpha value is -1.55. The molecular weight excluding hydrogens is 252 g/mol. The molecule has 1 amide bonds. The van der Waals surface area contributed by atoms with Gasteiger partial charge in [-0.05, 0) is 55.9 Å². The highest BCUT2D eigenvalue weighted by molar-refractivity contribution is 5.81. The predicted octanol–water partition coefficient (Wildman–Crippen LogP) is 1.98. The summed E-state index contributed by atoms with van der Waals surface area (Å²) in [6.45, 7) is 3.76. The van der Waals surface area contributed by atoms with Crippen molar-refractivity contribution in [2.45, 2.75) is 44.7 Å². The summed E-state index contributed by atoms with van der Waals surface area (Å²) in [5, 5.41) is 13.0. The van der Waals surface area contributed by atoms with Crippen LogP contribution in [-0.2, 0) is 11.2 Å². The van der Waals surface area contributed by atoms with Crippen molar-refractivity contribution in [1.82, 2.24) is 10.2 Å². The molecule has 2 N–H and O–H groups in total. The van der Waals surface area contributed by atoms with Gasteiger partial charge in [0, 0.05) is 19.1 Å². The van der Waals surface area contributed by atoms with Crippen LogP contribution in [0.3, 0.4) is 0 Å². The number of fused-ring (bicyclic) bond motifs is 1. The van der Waals surface area contributed by atoms with Crippen LogP contribution in [-0.4, -0.2) is 35.0 Å². The van der Waals surface area contributed by atoms with Gasteiger partial charge in [-0.2, -0.15) is 0 Å². The van der Waals surface area contributed by atoms with Crippen LogP contribution >= 0.6 is 0 Å². The second-order valence-corrected chi connectivity index (χ2v) is 5.90. The summed E-state index contributed by atoms with van der Waals surface area (Å²) in [7, 11) is 0. The van der Waals surface area contributed by atoms with E-state index in [0.29, 0.717) is 5.75 Å². The average molecular weight is 274 g/mol. The number of amides is 1. The van der Waals surface area contributed by atoms with Crippen LogP contribution in [0, 0.1) is 0 Å². The first-order chi connectivity index (χ1) is 9.65. The lowest BCUT2D eigenvalue weighted by molar-refractivity contribution is -0.132. The fourth-order valence-electron chi connectivity index (χ4n) is 3.36. The molecule has 0 bridgehead atoms. The molecule has 0 aromatic heterocycles. The van der Waals surface area contributed by atoms with Crippen molar-refractivity contribution in [3.8, 4) is 5.75 Å². The van der Waals surface area contributed by atoms with E-state index in [4.69, 9.17) is 0 Å². The number of nitrogens with one attached hydrogen (secondary N) is 1. The summed E-state index contributed by atoms with van der Waals surface area (Å²) in [6, 6.07) is 5.63. The minimum absolute atomic E-state index is 0.141. The molecule has 1 aliphatic heterocycles. The molecule has 1 aliphatic carbocycles. The lowest BCUT2D eigenvalue weighted by atomic mass is 10.1. The quantitative estimate of drug-likeness (QED) is 0.886. The number of carbonyl (C=O) groups excluding carboxylic acids is 1. The molecule has 4 heteroatoms. The van der Waals surface area contributed by atoms with Gasteiger partial charge >= 0.3 is 0 Å². The van der Waals surface area contributed by atoms with E-state index in [-0.39, 0.29) is 18.0 Å². The summed E-state index contributed by atoms with van der Waals surface area (Å²) in [6.07, 6.45) is 4.22. The third kappa shape index (κ3) is 2.52. The van der Waals surface area contributed by atoms with E-state index < -0.39 is 0 Å². The third-order valence-corrected chi connectivity index (χ3v) is 4.44. The number of likely N-dealkylation sites (tertiary alicyclic amines) is 1. The zero-order chi connectivity index (χ0) is 14.1. The van der Waals surface area contributed by atoms with Crippen LogP contribution in [0.15, 0.2) is 18.2 Å². The van der Waals surface area contributed by atoms with Crippen molar-refractivity contribution in [2.24, 2.45) is 0 Å². The molecule has 2 aliphatic rings. The Morgan fingerprint density at radius 1 is 1.40 bits per heavy atom. The van der Waals surface area contributed by atoms with Crippen LogP contribution < -0.4 is 5.32 Å². The molecule has 2 unspecified atom stereocenters. The van der Waals surface area contributed by atoms with Crippen LogP contribution in [0.5, 0.6) is 5.75 Å². The second kappa shape index (κ2) is 5.44. The highest BCUT2D eigenvalue weighted by atomic mass is 16.3. The molecule has 3 rings (SSSR count).